The average Bonchev–Trinajstić information content (AvgIpc) is 3.28. The highest BCUT2D eigenvalue weighted by Crippen LogP contribution is 2.31. The first-order chi connectivity index (χ1) is 16.6. The lowest BCUT2D eigenvalue weighted by atomic mass is 10.1. The molecule has 0 aliphatic rings. The van der Waals surface area contributed by atoms with Gasteiger partial charge in [0.1, 0.15) is 5.82 Å². The largest absolute Gasteiger partial charge is 0.366 e. The number of hydrogen-bond acceptors (Lipinski definition) is 5. The third-order valence-corrected chi connectivity index (χ3v) is 5.67. The Morgan fingerprint density at radius 1 is 0.941 bits per heavy atom. The smallest absolute Gasteiger partial charge is 0.248 e. The molecule has 5 rings (SSSR count). The zero-order chi connectivity index (χ0) is 23.5. The fourth-order valence-corrected chi connectivity index (χ4v) is 4.01. The highest BCUT2D eigenvalue weighted by Gasteiger charge is 2.17. The summed E-state index contributed by atoms with van der Waals surface area (Å²) in [6.45, 7) is 2.15. The maximum atomic E-state index is 11.4. The molecular weight excluding hydrogens is 424 g/mol. The van der Waals surface area contributed by atoms with Gasteiger partial charge in [-0.25, -0.2) is 4.98 Å². The Morgan fingerprint density at radius 3 is 2.50 bits per heavy atom. The normalized spacial score (nSPS) is 11.1. The number of aromatic nitrogens is 5. The van der Waals surface area contributed by atoms with Gasteiger partial charge in [-0.05, 0) is 48.4 Å². The second-order valence-electron chi connectivity index (χ2n) is 8.17. The van der Waals surface area contributed by atoms with E-state index in [9.17, 15) is 4.79 Å². The lowest BCUT2D eigenvalue weighted by molar-refractivity contribution is 0.100. The van der Waals surface area contributed by atoms with Crippen molar-refractivity contribution < 1.29 is 4.79 Å². The van der Waals surface area contributed by atoms with E-state index in [1.807, 2.05) is 42.5 Å². The minimum Gasteiger partial charge on any atom is -0.366 e. The van der Waals surface area contributed by atoms with Crippen LogP contribution in [0.4, 0.5) is 0 Å². The van der Waals surface area contributed by atoms with Gasteiger partial charge in [0.15, 0.2) is 0 Å². The third kappa shape index (κ3) is 4.41. The molecule has 2 aromatic carbocycles. The van der Waals surface area contributed by atoms with E-state index in [1.165, 1.54) is 0 Å². The number of nitrogens with two attached hydrogens (primary N) is 1. The van der Waals surface area contributed by atoms with Crippen LogP contribution in [0, 0.1) is 0 Å². The molecule has 1 amide bonds. The first-order valence-corrected chi connectivity index (χ1v) is 11.3. The molecule has 5 aromatic rings. The lowest BCUT2D eigenvalue weighted by Crippen LogP contribution is -2.10. The van der Waals surface area contributed by atoms with Crippen LogP contribution in [0.25, 0.3) is 33.7 Å². The Labute approximate surface area is 197 Å². The molecule has 7 heteroatoms. The van der Waals surface area contributed by atoms with Crippen LogP contribution < -0.4 is 5.73 Å². The van der Waals surface area contributed by atoms with Crippen LogP contribution in [0.15, 0.2) is 73.1 Å². The van der Waals surface area contributed by atoms with E-state index in [4.69, 9.17) is 15.7 Å². The fourth-order valence-electron chi connectivity index (χ4n) is 4.01. The van der Waals surface area contributed by atoms with Gasteiger partial charge in [0.2, 0.25) is 5.91 Å². The topological polar surface area (TPSA) is 110 Å². The van der Waals surface area contributed by atoms with E-state index in [0.717, 1.165) is 63.6 Å². The number of H-pyrrole nitrogens is 1. The molecule has 0 radical (unpaired) electrons. The van der Waals surface area contributed by atoms with E-state index in [1.54, 1.807) is 24.5 Å². The van der Waals surface area contributed by atoms with Crippen molar-refractivity contribution in [2.45, 2.75) is 26.2 Å². The molecule has 3 N–H and O–H groups in total. The predicted molar refractivity (Wildman–Crippen MR) is 132 cm³/mol. The number of primary amides is 1. The first kappa shape index (κ1) is 21.5. The van der Waals surface area contributed by atoms with Gasteiger partial charge in [0.25, 0.3) is 0 Å². The standard InChI is InChI=1S/C27H24N6O/c1-2-4-20-5-3-6-22(31-20)26-25(19-11-12-21-23(16-19)30-14-13-29-21)32-24(33-26)15-17-7-9-18(10-8-17)27(28)34/h3,5-14,16H,2,4,15H2,1H3,(H2,28,34)(H,32,33). The Kier molecular flexibility index (Phi) is 5.82. The quantitative estimate of drug-likeness (QED) is 0.374. The molecule has 0 saturated carbocycles. The number of aromatic amines is 1. The molecule has 3 heterocycles. The van der Waals surface area contributed by atoms with Crippen LogP contribution >= 0.6 is 0 Å². The highest BCUT2D eigenvalue weighted by molar-refractivity contribution is 5.92. The number of nitrogens with zero attached hydrogens (tertiary/aromatic N) is 4. The van der Waals surface area contributed by atoms with Crippen LogP contribution in [-0.2, 0) is 12.8 Å². The number of nitrogens with one attached hydrogen (secondary N) is 1. The van der Waals surface area contributed by atoms with Gasteiger partial charge in [0, 0.05) is 35.6 Å². The maximum Gasteiger partial charge on any atom is 0.248 e. The van der Waals surface area contributed by atoms with Crippen molar-refractivity contribution in [1.82, 2.24) is 24.9 Å². The Hall–Kier alpha value is -4.39. The van der Waals surface area contributed by atoms with Gasteiger partial charge in [-0.2, -0.15) is 0 Å². The van der Waals surface area contributed by atoms with Gasteiger partial charge in [0.05, 0.1) is 28.1 Å². The van der Waals surface area contributed by atoms with Gasteiger partial charge in [-0.15, -0.1) is 0 Å². The number of benzene rings is 2. The van der Waals surface area contributed by atoms with Crippen LogP contribution in [-0.4, -0.2) is 30.8 Å². The number of amides is 1. The number of carbonyl (C=O) groups is 1. The zero-order valence-corrected chi connectivity index (χ0v) is 18.8. The Balaban J connectivity index is 1.58. The molecule has 0 atom stereocenters. The Morgan fingerprint density at radius 2 is 1.74 bits per heavy atom. The van der Waals surface area contributed by atoms with E-state index in [0.29, 0.717) is 12.0 Å². The maximum absolute atomic E-state index is 11.4. The molecule has 0 spiro atoms. The minimum atomic E-state index is -0.438. The Bertz CT molecular complexity index is 1470. The molecular formula is C27H24N6O. The molecule has 0 saturated heterocycles. The van der Waals surface area contributed by atoms with Crippen molar-refractivity contribution in [2.24, 2.45) is 5.73 Å². The second-order valence-corrected chi connectivity index (χ2v) is 8.17. The summed E-state index contributed by atoms with van der Waals surface area (Å²) in [4.78, 5) is 33.5. The van der Waals surface area contributed by atoms with E-state index >= 15 is 0 Å². The number of pyridine rings is 1. The van der Waals surface area contributed by atoms with Gasteiger partial charge in [-0.3, -0.25) is 19.7 Å². The summed E-state index contributed by atoms with van der Waals surface area (Å²) in [5, 5.41) is 0. The highest BCUT2D eigenvalue weighted by atomic mass is 16.1. The first-order valence-electron chi connectivity index (χ1n) is 11.3. The minimum absolute atomic E-state index is 0.438. The number of rotatable bonds is 7. The fraction of sp³-hybridized carbons (Fsp3) is 0.148. The molecule has 0 bridgehead atoms. The summed E-state index contributed by atoms with van der Waals surface area (Å²) >= 11 is 0. The molecule has 0 aliphatic heterocycles. The van der Waals surface area contributed by atoms with Crippen LogP contribution in [0.1, 0.15) is 40.8 Å². The van der Waals surface area contributed by atoms with Crippen molar-refractivity contribution in [2.75, 3.05) is 0 Å². The average molecular weight is 449 g/mol. The molecule has 0 unspecified atom stereocenters. The summed E-state index contributed by atoms with van der Waals surface area (Å²) in [7, 11) is 0. The third-order valence-electron chi connectivity index (χ3n) is 5.67. The van der Waals surface area contributed by atoms with Gasteiger partial charge < -0.3 is 10.7 Å². The van der Waals surface area contributed by atoms with Crippen molar-refractivity contribution in [3.8, 4) is 22.6 Å². The molecule has 168 valence electrons. The number of imidazole rings is 1. The predicted octanol–water partition coefficient (Wildman–Crippen LogP) is 4.72. The van der Waals surface area contributed by atoms with Crippen molar-refractivity contribution in [3.63, 3.8) is 0 Å². The van der Waals surface area contributed by atoms with Gasteiger partial charge in [-0.1, -0.05) is 37.6 Å². The summed E-state index contributed by atoms with van der Waals surface area (Å²) in [5.74, 6) is 0.366. The van der Waals surface area contributed by atoms with Crippen LogP contribution in [0.5, 0.6) is 0 Å². The number of aryl methyl sites for hydroxylation is 1. The van der Waals surface area contributed by atoms with Crippen LogP contribution in [0.3, 0.4) is 0 Å². The van der Waals surface area contributed by atoms with Gasteiger partial charge >= 0.3 is 0 Å². The SMILES string of the molecule is CCCc1cccc(-c2[nH]c(Cc3ccc(C(N)=O)cc3)nc2-c2ccc3nccnc3c2)n1. The molecule has 34 heavy (non-hydrogen) atoms. The van der Waals surface area contributed by atoms with Crippen LogP contribution in [0.2, 0.25) is 0 Å². The number of fused-ring (bicyclic) bond motifs is 1. The second kappa shape index (κ2) is 9.23. The zero-order valence-electron chi connectivity index (χ0n) is 18.8. The van der Waals surface area contributed by atoms with E-state index < -0.39 is 5.91 Å². The van der Waals surface area contributed by atoms with E-state index in [2.05, 4.69) is 27.9 Å². The summed E-state index contributed by atoms with van der Waals surface area (Å²) in [5.41, 5.74) is 13.0. The van der Waals surface area contributed by atoms with Crippen molar-refractivity contribution >= 4 is 16.9 Å². The van der Waals surface area contributed by atoms with E-state index in [-0.39, 0.29) is 0 Å². The molecule has 0 aliphatic carbocycles. The molecule has 0 fully saturated rings. The summed E-state index contributed by atoms with van der Waals surface area (Å²) in [6.07, 6.45) is 5.90. The molecule has 7 nitrogen and oxygen atoms in total. The monoisotopic (exact) mass is 448 g/mol. The van der Waals surface area contributed by atoms with Crippen molar-refractivity contribution in [3.05, 3.63) is 95.7 Å². The summed E-state index contributed by atoms with van der Waals surface area (Å²) in [6, 6.07) is 19.3. The number of hydrogen-bond donors (Lipinski definition) is 2. The molecule has 3 aromatic heterocycles. The lowest BCUT2D eigenvalue weighted by Gasteiger charge is -2.06. The summed E-state index contributed by atoms with van der Waals surface area (Å²) < 4.78 is 0. The number of carbonyl (C=O) groups excluding carboxylic acids is 1. The van der Waals surface area contributed by atoms with Crippen molar-refractivity contribution in [1.29, 1.82) is 0 Å².